The van der Waals surface area contributed by atoms with E-state index in [2.05, 4.69) is 10.1 Å². The number of hydrogen-bond donors (Lipinski definition) is 2. The number of nitrogens with one attached hydrogen (secondary N) is 1. The molecular formula is C20H22FN3O6S. The van der Waals surface area contributed by atoms with Gasteiger partial charge >= 0.3 is 0 Å². The SMILES string of the molecule is COc1ccc(-c2ccc(C3=NOC(C[C@](C)(C(=O)NO)S(C)(=O)=O)C3)cc2F)cn1. The van der Waals surface area contributed by atoms with Crippen molar-refractivity contribution in [2.24, 2.45) is 5.16 Å². The van der Waals surface area contributed by atoms with Crippen molar-refractivity contribution in [2.75, 3.05) is 13.4 Å². The van der Waals surface area contributed by atoms with Crippen LogP contribution in [-0.4, -0.2) is 54.4 Å². The lowest BCUT2D eigenvalue weighted by molar-refractivity contribution is -0.132. The Balaban J connectivity index is 1.76. The summed E-state index contributed by atoms with van der Waals surface area (Å²) in [5.74, 6) is -1.13. The number of sulfone groups is 1. The van der Waals surface area contributed by atoms with Gasteiger partial charge in [-0.25, -0.2) is 23.3 Å². The van der Waals surface area contributed by atoms with Crippen molar-refractivity contribution in [2.45, 2.75) is 30.6 Å². The highest BCUT2D eigenvalue weighted by atomic mass is 32.2. The highest BCUT2D eigenvalue weighted by Gasteiger charge is 2.47. The van der Waals surface area contributed by atoms with Crippen molar-refractivity contribution < 1.29 is 32.4 Å². The van der Waals surface area contributed by atoms with E-state index in [9.17, 15) is 17.6 Å². The zero-order valence-electron chi connectivity index (χ0n) is 17.1. The molecule has 1 aliphatic rings. The van der Waals surface area contributed by atoms with Crippen LogP contribution in [0.25, 0.3) is 11.1 Å². The summed E-state index contributed by atoms with van der Waals surface area (Å²) >= 11 is 0. The zero-order chi connectivity index (χ0) is 22.8. The number of benzene rings is 1. The van der Waals surface area contributed by atoms with Crippen LogP contribution >= 0.6 is 0 Å². The van der Waals surface area contributed by atoms with E-state index in [1.807, 2.05) is 0 Å². The van der Waals surface area contributed by atoms with E-state index in [1.54, 1.807) is 24.3 Å². The molecule has 1 amide bonds. The first-order valence-electron chi connectivity index (χ1n) is 9.26. The molecule has 1 unspecified atom stereocenters. The van der Waals surface area contributed by atoms with Gasteiger partial charge in [-0.2, -0.15) is 0 Å². The monoisotopic (exact) mass is 451 g/mol. The molecule has 1 aromatic heterocycles. The summed E-state index contributed by atoms with van der Waals surface area (Å²) in [6.45, 7) is 1.20. The van der Waals surface area contributed by atoms with Crippen LogP contribution in [-0.2, 0) is 19.5 Å². The second-order valence-corrected chi connectivity index (χ2v) is 9.85. The molecule has 1 aromatic carbocycles. The molecule has 2 heterocycles. The van der Waals surface area contributed by atoms with E-state index in [4.69, 9.17) is 14.8 Å². The first kappa shape index (κ1) is 22.6. The predicted octanol–water partition coefficient (Wildman–Crippen LogP) is 2.09. The molecule has 0 bridgehead atoms. The second kappa shape index (κ2) is 8.60. The number of amides is 1. The number of pyridine rings is 1. The van der Waals surface area contributed by atoms with Crippen molar-refractivity contribution in [1.29, 1.82) is 0 Å². The van der Waals surface area contributed by atoms with Crippen LogP contribution in [0.2, 0.25) is 0 Å². The normalized spacial score (nSPS) is 18.0. The number of carbonyl (C=O) groups excluding carboxylic acids is 1. The van der Waals surface area contributed by atoms with Gasteiger partial charge in [0.2, 0.25) is 5.88 Å². The van der Waals surface area contributed by atoms with Gasteiger partial charge in [0.05, 0.1) is 12.8 Å². The van der Waals surface area contributed by atoms with Gasteiger partial charge in [0.15, 0.2) is 14.6 Å². The van der Waals surface area contributed by atoms with Gasteiger partial charge in [-0.05, 0) is 19.1 Å². The van der Waals surface area contributed by atoms with E-state index >= 15 is 0 Å². The molecule has 0 spiro atoms. The molecule has 31 heavy (non-hydrogen) atoms. The van der Waals surface area contributed by atoms with Gasteiger partial charge in [0.25, 0.3) is 5.91 Å². The van der Waals surface area contributed by atoms with Crippen LogP contribution in [0.1, 0.15) is 25.3 Å². The quantitative estimate of drug-likeness (QED) is 0.487. The Hall–Kier alpha value is -3.05. The summed E-state index contributed by atoms with van der Waals surface area (Å²) in [4.78, 5) is 21.3. The summed E-state index contributed by atoms with van der Waals surface area (Å²) in [7, 11) is -2.38. The number of rotatable bonds is 7. The maximum Gasteiger partial charge on any atom is 0.264 e. The lowest BCUT2D eigenvalue weighted by Gasteiger charge is -2.26. The Kier molecular flexibility index (Phi) is 6.27. The van der Waals surface area contributed by atoms with E-state index < -0.39 is 32.4 Å². The van der Waals surface area contributed by atoms with Gasteiger partial charge in [-0.3, -0.25) is 10.0 Å². The summed E-state index contributed by atoms with van der Waals surface area (Å²) in [5, 5.41) is 12.9. The van der Waals surface area contributed by atoms with E-state index in [1.165, 1.54) is 31.8 Å². The Morgan fingerprint density at radius 3 is 2.61 bits per heavy atom. The number of methoxy groups -OCH3 is 1. The maximum absolute atomic E-state index is 14.7. The number of nitrogens with zero attached hydrogens (tertiary/aromatic N) is 2. The number of ether oxygens (including phenoxy) is 1. The molecule has 0 aliphatic carbocycles. The van der Waals surface area contributed by atoms with Crippen LogP contribution in [0.15, 0.2) is 41.7 Å². The summed E-state index contributed by atoms with van der Waals surface area (Å²) in [6, 6.07) is 7.88. The van der Waals surface area contributed by atoms with Crippen LogP contribution in [0.4, 0.5) is 4.39 Å². The molecule has 0 fully saturated rings. The molecule has 166 valence electrons. The van der Waals surface area contributed by atoms with E-state index in [0.29, 0.717) is 28.3 Å². The highest BCUT2D eigenvalue weighted by Crippen LogP contribution is 2.31. The number of aromatic nitrogens is 1. The standard InChI is InChI=1S/C20H22FN3O6S/c1-20(19(25)23-26,31(3,27)28)10-14-9-17(24-30-14)12-4-6-15(16(21)8-12)13-5-7-18(29-2)22-11-13/h4-8,11,14,26H,9-10H2,1-3H3,(H,23,25)/t14?,20-/m1/s1. The molecule has 11 heteroatoms. The predicted molar refractivity (Wildman–Crippen MR) is 110 cm³/mol. The Morgan fingerprint density at radius 2 is 2.06 bits per heavy atom. The third kappa shape index (κ3) is 4.52. The summed E-state index contributed by atoms with van der Waals surface area (Å²) in [5.41, 5.74) is 3.20. The van der Waals surface area contributed by atoms with Crippen LogP contribution < -0.4 is 10.2 Å². The summed E-state index contributed by atoms with van der Waals surface area (Å²) < 4.78 is 42.1. The first-order valence-corrected chi connectivity index (χ1v) is 11.2. The van der Waals surface area contributed by atoms with Gasteiger partial charge in [-0.1, -0.05) is 17.3 Å². The fourth-order valence-corrected chi connectivity index (χ4v) is 4.13. The van der Waals surface area contributed by atoms with Gasteiger partial charge < -0.3 is 9.57 Å². The Labute approximate surface area is 178 Å². The average molecular weight is 451 g/mol. The molecule has 2 aromatic rings. The largest absolute Gasteiger partial charge is 0.481 e. The van der Waals surface area contributed by atoms with Gasteiger partial charge in [0, 0.05) is 48.1 Å². The van der Waals surface area contributed by atoms with Crippen molar-refractivity contribution in [3.05, 3.63) is 47.9 Å². The van der Waals surface area contributed by atoms with Gasteiger partial charge in [-0.15, -0.1) is 0 Å². The first-order chi connectivity index (χ1) is 14.6. The molecule has 0 saturated heterocycles. The number of hydroxylamine groups is 1. The van der Waals surface area contributed by atoms with Crippen molar-refractivity contribution in [3.8, 4) is 17.0 Å². The number of halogens is 1. The lowest BCUT2D eigenvalue weighted by Crippen LogP contribution is -2.51. The number of carbonyl (C=O) groups is 1. The molecule has 2 atom stereocenters. The molecule has 2 N–H and O–H groups in total. The van der Waals surface area contributed by atoms with Crippen LogP contribution in [0.3, 0.4) is 0 Å². The molecule has 0 saturated carbocycles. The zero-order valence-corrected chi connectivity index (χ0v) is 17.9. The summed E-state index contributed by atoms with van der Waals surface area (Å²) in [6.07, 6.45) is 1.61. The topological polar surface area (TPSA) is 127 Å². The average Bonchev–Trinajstić information content (AvgIpc) is 3.20. The minimum atomic E-state index is -3.87. The molecular weight excluding hydrogens is 429 g/mol. The Bertz CT molecular complexity index is 1120. The smallest absolute Gasteiger partial charge is 0.264 e. The number of hydrogen-bond acceptors (Lipinski definition) is 8. The van der Waals surface area contributed by atoms with E-state index in [-0.39, 0.29) is 12.8 Å². The van der Waals surface area contributed by atoms with E-state index in [0.717, 1.165) is 6.26 Å². The van der Waals surface area contributed by atoms with Gasteiger partial charge in [0.1, 0.15) is 11.9 Å². The Morgan fingerprint density at radius 1 is 1.35 bits per heavy atom. The van der Waals surface area contributed by atoms with Crippen molar-refractivity contribution in [1.82, 2.24) is 10.5 Å². The molecule has 3 rings (SSSR count). The van der Waals surface area contributed by atoms with Crippen LogP contribution in [0, 0.1) is 5.82 Å². The molecule has 1 aliphatic heterocycles. The third-order valence-electron chi connectivity index (χ3n) is 5.31. The molecule has 0 radical (unpaired) electrons. The van der Waals surface area contributed by atoms with Crippen LogP contribution in [0.5, 0.6) is 5.88 Å². The second-order valence-electron chi connectivity index (χ2n) is 7.40. The lowest BCUT2D eigenvalue weighted by atomic mass is 9.95. The highest BCUT2D eigenvalue weighted by molar-refractivity contribution is 7.92. The minimum absolute atomic E-state index is 0.173. The van der Waals surface area contributed by atoms with Crippen molar-refractivity contribution >= 4 is 21.5 Å². The fourth-order valence-electron chi connectivity index (χ4n) is 3.26. The molecule has 9 nitrogen and oxygen atoms in total. The van der Waals surface area contributed by atoms with Crippen molar-refractivity contribution in [3.63, 3.8) is 0 Å². The maximum atomic E-state index is 14.7. The fraction of sp³-hybridized carbons (Fsp3) is 0.350. The minimum Gasteiger partial charge on any atom is -0.481 e. The third-order valence-corrected chi connectivity index (χ3v) is 7.30. The number of oxime groups is 1.